The van der Waals surface area contributed by atoms with E-state index in [0.29, 0.717) is 5.56 Å². The third-order valence-corrected chi connectivity index (χ3v) is 3.80. The lowest BCUT2D eigenvalue weighted by molar-refractivity contribution is -0.274. The lowest BCUT2D eigenvalue weighted by Crippen LogP contribution is -2.39. The minimum absolute atomic E-state index is 0.00195. The molecule has 122 valence electrons. The van der Waals surface area contributed by atoms with Gasteiger partial charge in [0.2, 0.25) is 0 Å². The van der Waals surface area contributed by atoms with Crippen LogP contribution >= 0.6 is 0 Å². The molecule has 1 heterocycles. The zero-order valence-corrected chi connectivity index (χ0v) is 12.6. The number of ether oxygens (including phenoxy) is 2. The number of amides is 1. The van der Waals surface area contributed by atoms with Crippen LogP contribution in [0.3, 0.4) is 0 Å². The van der Waals surface area contributed by atoms with Crippen molar-refractivity contribution in [2.45, 2.75) is 51.7 Å². The molecule has 0 spiro atoms. The molecular formula is C15H18F3NO3. The Labute approximate surface area is 126 Å². The number of rotatable bonds is 4. The Morgan fingerprint density at radius 1 is 1.41 bits per heavy atom. The minimum Gasteiger partial charge on any atom is -0.439 e. The number of nitrogens with zero attached hydrogens (tertiary/aromatic N) is 1. The van der Waals surface area contributed by atoms with Gasteiger partial charge in [-0.2, -0.15) is 0 Å². The molecule has 1 unspecified atom stereocenters. The number of carbonyl (C=O) groups is 1. The van der Waals surface area contributed by atoms with Crippen molar-refractivity contribution in [3.05, 3.63) is 29.8 Å². The zero-order chi connectivity index (χ0) is 16.5. The van der Waals surface area contributed by atoms with Crippen LogP contribution in [-0.4, -0.2) is 29.4 Å². The van der Waals surface area contributed by atoms with Gasteiger partial charge in [0.1, 0.15) is 11.9 Å². The van der Waals surface area contributed by atoms with Gasteiger partial charge in [0.05, 0.1) is 6.04 Å². The van der Waals surface area contributed by atoms with E-state index in [0.717, 1.165) is 6.42 Å². The van der Waals surface area contributed by atoms with Gasteiger partial charge >= 0.3 is 12.5 Å². The molecule has 1 aromatic carbocycles. The van der Waals surface area contributed by atoms with Crippen molar-refractivity contribution >= 4 is 6.09 Å². The zero-order valence-electron chi connectivity index (χ0n) is 12.6. The van der Waals surface area contributed by atoms with Gasteiger partial charge in [-0.3, -0.25) is 4.90 Å². The van der Waals surface area contributed by atoms with Crippen LogP contribution in [0.25, 0.3) is 0 Å². The number of alkyl halides is 3. The molecule has 1 amide bonds. The Hall–Kier alpha value is -1.92. The van der Waals surface area contributed by atoms with Gasteiger partial charge in [-0.1, -0.05) is 19.1 Å². The second-order valence-corrected chi connectivity index (χ2v) is 5.33. The maximum absolute atomic E-state index is 12.3. The van der Waals surface area contributed by atoms with Crippen LogP contribution in [0.15, 0.2) is 24.3 Å². The van der Waals surface area contributed by atoms with E-state index in [1.807, 2.05) is 20.8 Å². The van der Waals surface area contributed by atoms with Crippen molar-refractivity contribution in [2.75, 3.05) is 0 Å². The predicted octanol–water partition coefficient (Wildman–Crippen LogP) is 4.27. The van der Waals surface area contributed by atoms with E-state index in [1.54, 1.807) is 11.0 Å². The molecule has 1 aromatic rings. The topological polar surface area (TPSA) is 38.8 Å². The van der Waals surface area contributed by atoms with Crippen LogP contribution in [0, 0.1) is 0 Å². The molecule has 1 aliphatic rings. The Kier molecular flexibility index (Phi) is 4.53. The Morgan fingerprint density at radius 3 is 2.68 bits per heavy atom. The van der Waals surface area contributed by atoms with Gasteiger partial charge in [-0.05, 0) is 38.0 Å². The molecular weight excluding hydrogens is 299 g/mol. The number of cyclic esters (lactones) is 1. The second kappa shape index (κ2) is 6.06. The predicted molar refractivity (Wildman–Crippen MR) is 73.4 cm³/mol. The van der Waals surface area contributed by atoms with Crippen LogP contribution in [0.4, 0.5) is 18.0 Å². The lowest BCUT2D eigenvalue weighted by Gasteiger charge is -2.26. The highest BCUT2D eigenvalue weighted by Gasteiger charge is 2.42. The van der Waals surface area contributed by atoms with Crippen LogP contribution in [0.2, 0.25) is 0 Å². The summed E-state index contributed by atoms with van der Waals surface area (Å²) in [5.41, 5.74) is 0.480. The van der Waals surface area contributed by atoms with E-state index >= 15 is 0 Å². The first-order chi connectivity index (χ1) is 10.2. The molecule has 3 atom stereocenters. The molecule has 0 N–H and O–H groups in total. The molecule has 1 saturated heterocycles. The van der Waals surface area contributed by atoms with E-state index < -0.39 is 18.6 Å². The van der Waals surface area contributed by atoms with Gasteiger partial charge in [0.25, 0.3) is 0 Å². The van der Waals surface area contributed by atoms with Crippen molar-refractivity contribution in [3.63, 3.8) is 0 Å². The van der Waals surface area contributed by atoms with Crippen molar-refractivity contribution in [2.24, 2.45) is 0 Å². The highest BCUT2D eigenvalue weighted by molar-refractivity contribution is 5.71. The van der Waals surface area contributed by atoms with E-state index in [2.05, 4.69) is 4.74 Å². The Balaban J connectivity index is 2.22. The smallest absolute Gasteiger partial charge is 0.439 e. The number of halogens is 3. The second-order valence-electron chi connectivity index (χ2n) is 5.33. The van der Waals surface area contributed by atoms with Gasteiger partial charge in [-0.25, -0.2) is 4.79 Å². The summed E-state index contributed by atoms with van der Waals surface area (Å²) in [6.45, 7) is 5.68. The van der Waals surface area contributed by atoms with E-state index in [4.69, 9.17) is 4.74 Å². The summed E-state index contributed by atoms with van der Waals surface area (Å²) in [7, 11) is 0. The summed E-state index contributed by atoms with van der Waals surface area (Å²) < 4.78 is 46.1. The fourth-order valence-electron chi connectivity index (χ4n) is 2.59. The van der Waals surface area contributed by atoms with Crippen LogP contribution < -0.4 is 4.74 Å². The largest absolute Gasteiger partial charge is 0.573 e. The summed E-state index contributed by atoms with van der Waals surface area (Å²) >= 11 is 0. The highest BCUT2D eigenvalue weighted by Crippen LogP contribution is 2.36. The van der Waals surface area contributed by atoms with E-state index in [9.17, 15) is 18.0 Å². The van der Waals surface area contributed by atoms with Crippen molar-refractivity contribution in [1.82, 2.24) is 4.90 Å². The molecule has 0 aromatic heterocycles. The molecule has 1 fully saturated rings. The van der Waals surface area contributed by atoms with Gasteiger partial charge in [0, 0.05) is 6.04 Å². The molecule has 22 heavy (non-hydrogen) atoms. The van der Waals surface area contributed by atoms with E-state index in [-0.39, 0.29) is 17.8 Å². The normalized spacial score (nSPS) is 23.4. The fraction of sp³-hybridized carbons (Fsp3) is 0.533. The summed E-state index contributed by atoms with van der Waals surface area (Å²) in [5.74, 6) is -0.324. The number of hydrogen-bond donors (Lipinski definition) is 0. The average Bonchev–Trinajstić information content (AvgIpc) is 2.72. The lowest BCUT2D eigenvalue weighted by atomic mass is 10.0. The average molecular weight is 317 g/mol. The molecule has 0 saturated carbocycles. The number of benzene rings is 1. The molecule has 4 nitrogen and oxygen atoms in total. The van der Waals surface area contributed by atoms with Crippen molar-refractivity contribution in [3.8, 4) is 5.75 Å². The molecule has 0 bridgehead atoms. The molecule has 0 aliphatic carbocycles. The monoisotopic (exact) mass is 317 g/mol. The van der Waals surface area contributed by atoms with Crippen LogP contribution in [0.5, 0.6) is 5.75 Å². The SMILES string of the molecule is CCC(C)N1C(=O)O[C@H](c2cccc(OC(F)(F)F)c2)[C@@H]1C. The van der Waals surface area contributed by atoms with Gasteiger partial charge in [0.15, 0.2) is 0 Å². The Morgan fingerprint density at radius 2 is 2.09 bits per heavy atom. The standard InChI is InChI=1S/C15H18F3NO3/c1-4-9(2)19-10(3)13(21-14(19)20)11-6-5-7-12(8-11)22-15(16,17)18/h5-10,13H,4H2,1-3H3/t9?,10-,13-/m0/s1. The van der Waals surface area contributed by atoms with Crippen LogP contribution in [-0.2, 0) is 4.74 Å². The molecule has 0 radical (unpaired) electrons. The van der Waals surface area contributed by atoms with Gasteiger partial charge < -0.3 is 9.47 Å². The summed E-state index contributed by atoms with van der Waals surface area (Å²) in [4.78, 5) is 13.6. The fourth-order valence-corrected chi connectivity index (χ4v) is 2.59. The van der Waals surface area contributed by atoms with Gasteiger partial charge in [-0.15, -0.1) is 13.2 Å². The third kappa shape index (κ3) is 3.45. The molecule has 2 rings (SSSR count). The van der Waals surface area contributed by atoms with Crippen molar-refractivity contribution in [1.29, 1.82) is 0 Å². The third-order valence-electron chi connectivity index (χ3n) is 3.80. The maximum atomic E-state index is 12.3. The minimum atomic E-state index is -4.75. The summed E-state index contributed by atoms with van der Waals surface area (Å²) in [6, 6.07) is 5.28. The number of carbonyl (C=O) groups excluding carboxylic acids is 1. The molecule has 1 aliphatic heterocycles. The maximum Gasteiger partial charge on any atom is 0.573 e. The first-order valence-electron chi connectivity index (χ1n) is 7.07. The highest BCUT2D eigenvalue weighted by atomic mass is 19.4. The summed E-state index contributed by atoms with van der Waals surface area (Å²) in [6.07, 6.45) is -5.05. The Bertz CT molecular complexity index is 547. The first kappa shape index (κ1) is 16.5. The number of hydrogen-bond acceptors (Lipinski definition) is 3. The summed E-state index contributed by atoms with van der Waals surface area (Å²) in [5, 5.41) is 0. The van der Waals surface area contributed by atoms with Crippen molar-refractivity contribution < 1.29 is 27.4 Å². The van der Waals surface area contributed by atoms with Crippen LogP contribution in [0.1, 0.15) is 38.9 Å². The van der Waals surface area contributed by atoms with E-state index in [1.165, 1.54) is 18.2 Å². The molecule has 7 heteroatoms. The quantitative estimate of drug-likeness (QED) is 0.832. The first-order valence-corrected chi connectivity index (χ1v) is 7.07.